The summed E-state index contributed by atoms with van der Waals surface area (Å²) in [6.07, 6.45) is 0.0984. The van der Waals surface area contributed by atoms with Gasteiger partial charge in [0, 0.05) is 12.6 Å². The van der Waals surface area contributed by atoms with E-state index in [0.717, 1.165) is 6.07 Å². The molecule has 0 heterocycles. The number of hydrogen-bond donors (Lipinski definition) is 1. The number of nitrogen functional groups attached to an aromatic ring is 1. The molecule has 0 spiro atoms. The smallest absolute Gasteiger partial charge is 0.295 e. The van der Waals surface area contributed by atoms with Crippen molar-refractivity contribution in [3.8, 4) is 6.07 Å². The number of nitriles is 1. The van der Waals surface area contributed by atoms with E-state index in [2.05, 4.69) is 0 Å². The average Bonchev–Trinajstić information content (AvgIpc) is 2.40. The molecule has 0 aromatic heterocycles. The Labute approximate surface area is 120 Å². The van der Waals surface area contributed by atoms with Crippen molar-refractivity contribution in [1.29, 1.82) is 5.26 Å². The molecule has 21 heavy (non-hydrogen) atoms. The lowest BCUT2D eigenvalue weighted by molar-refractivity contribution is -0.384. The Morgan fingerprint density at radius 2 is 2.19 bits per heavy atom. The van der Waals surface area contributed by atoms with Gasteiger partial charge in [-0.3, -0.25) is 14.9 Å². The summed E-state index contributed by atoms with van der Waals surface area (Å²) in [7, 11) is 0. The predicted molar refractivity (Wildman–Crippen MR) is 73.9 cm³/mol. The van der Waals surface area contributed by atoms with Gasteiger partial charge in [-0.05, 0) is 19.9 Å². The summed E-state index contributed by atoms with van der Waals surface area (Å²) >= 11 is 0. The highest BCUT2D eigenvalue weighted by Crippen LogP contribution is 2.28. The molecule has 0 radical (unpaired) electrons. The number of nitrogens with two attached hydrogens (primary N) is 1. The molecule has 0 fully saturated rings. The number of halogens is 1. The number of carbonyl (C=O) groups excluding carboxylic acids is 1. The predicted octanol–water partition coefficient (Wildman–Crippen LogP) is 2.08. The Kier molecular flexibility index (Phi) is 5.18. The number of benzene rings is 1. The van der Waals surface area contributed by atoms with Gasteiger partial charge in [-0.2, -0.15) is 5.26 Å². The second-order valence-corrected chi connectivity index (χ2v) is 4.64. The van der Waals surface area contributed by atoms with Crippen LogP contribution in [0.1, 0.15) is 30.6 Å². The Morgan fingerprint density at radius 3 is 2.67 bits per heavy atom. The van der Waals surface area contributed by atoms with E-state index in [4.69, 9.17) is 11.0 Å². The van der Waals surface area contributed by atoms with Crippen molar-refractivity contribution in [3.05, 3.63) is 33.6 Å². The number of nitrogens with zero attached hydrogens (tertiary/aromatic N) is 3. The normalized spacial score (nSPS) is 10.2. The SMILES string of the molecule is CC(C)N(CCC#N)C(=O)c1cc(F)cc([N+](=O)[O-])c1N. The van der Waals surface area contributed by atoms with Crippen molar-refractivity contribution in [2.24, 2.45) is 0 Å². The first-order chi connectivity index (χ1) is 9.79. The highest BCUT2D eigenvalue weighted by molar-refractivity contribution is 6.01. The number of rotatable bonds is 5. The minimum absolute atomic E-state index is 0.0984. The fraction of sp³-hybridized carbons (Fsp3) is 0.385. The van der Waals surface area contributed by atoms with Crippen LogP contribution in [0.15, 0.2) is 12.1 Å². The third-order valence-electron chi connectivity index (χ3n) is 2.90. The highest BCUT2D eigenvalue weighted by Gasteiger charge is 2.26. The summed E-state index contributed by atoms with van der Waals surface area (Å²) in [6.45, 7) is 3.58. The fourth-order valence-electron chi connectivity index (χ4n) is 1.85. The first-order valence-electron chi connectivity index (χ1n) is 6.21. The van der Waals surface area contributed by atoms with E-state index in [1.54, 1.807) is 13.8 Å². The molecule has 0 unspecified atom stereocenters. The monoisotopic (exact) mass is 294 g/mol. The van der Waals surface area contributed by atoms with Crippen molar-refractivity contribution in [1.82, 2.24) is 4.90 Å². The van der Waals surface area contributed by atoms with Crippen LogP contribution in [0, 0.1) is 27.3 Å². The van der Waals surface area contributed by atoms with Gasteiger partial charge in [0.2, 0.25) is 0 Å². The maximum atomic E-state index is 13.5. The summed E-state index contributed by atoms with van der Waals surface area (Å²) < 4.78 is 13.5. The van der Waals surface area contributed by atoms with Crippen LogP contribution in [0.2, 0.25) is 0 Å². The molecule has 7 nitrogen and oxygen atoms in total. The molecule has 0 saturated carbocycles. The lowest BCUT2D eigenvalue weighted by Gasteiger charge is -2.26. The summed E-state index contributed by atoms with van der Waals surface area (Å²) in [4.78, 5) is 23.7. The maximum Gasteiger partial charge on any atom is 0.295 e. The van der Waals surface area contributed by atoms with Crippen molar-refractivity contribution >= 4 is 17.3 Å². The standard InChI is InChI=1S/C13H15FN4O3/c1-8(2)17(5-3-4-15)13(19)10-6-9(14)7-11(12(10)16)18(20)21/h6-8H,3,5,16H2,1-2H3. The van der Waals surface area contributed by atoms with Crippen LogP contribution in [0.5, 0.6) is 0 Å². The molecular formula is C13H15FN4O3. The van der Waals surface area contributed by atoms with Crippen LogP contribution in [0.3, 0.4) is 0 Å². The highest BCUT2D eigenvalue weighted by atomic mass is 19.1. The second-order valence-electron chi connectivity index (χ2n) is 4.64. The molecule has 2 N–H and O–H groups in total. The first-order valence-corrected chi connectivity index (χ1v) is 6.21. The fourth-order valence-corrected chi connectivity index (χ4v) is 1.85. The van der Waals surface area contributed by atoms with Crippen LogP contribution in [0.4, 0.5) is 15.8 Å². The number of amides is 1. The van der Waals surface area contributed by atoms with Crippen LogP contribution in [0.25, 0.3) is 0 Å². The molecule has 112 valence electrons. The molecule has 0 aliphatic carbocycles. The molecule has 0 atom stereocenters. The van der Waals surface area contributed by atoms with Gasteiger partial charge in [0.25, 0.3) is 11.6 Å². The number of nitro benzene ring substituents is 1. The van der Waals surface area contributed by atoms with E-state index in [1.165, 1.54) is 4.90 Å². The van der Waals surface area contributed by atoms with Gasteiger partial charge in [-0.1, -0.05) is 0 Å². The van der Waals surface area contributed by atoms with Gasteiger partial charge in [0.05, 0.1) is 29.0 Å². The summed E-state index contributed by atoms with van der Waals surface area (Å²) in [5.74, 6) is -1.55. The van der Waals surface area contributed by atoms with Crippen LogP contribution in [-0.4, -0.2) is 28.3 Å². The molecule has 1 aromatic carbocycles. The van der Waals surface area contributed by atoms with E-state index >= 15 is 0 Å². The topological polar surface area (TPSA) is 113 Å². The molecule has 8 heteroatoms. The zero-order chi connectivity index (χ0) is 16.2. The van der Waals surface area contributed by atoms with Crippen molar-refractivity contribution < 1.29 is 14.1 Å². The molecule has 0 saturated heterocycles. The zero-order valence-corrected chi connectivity index (χ0v) is 11.7. The summed E-state index contributed by atoms with van der Waals surface area (Å²) in [5.41, 5.74) is 4.30. The lowest BCUT2D eigenvalue weighted by atomic mass is 10.1. The van der Waals surface area contributed by atoms with E-state index in [0.29, 0.717) is 6.07 Å². The van der Waals surface area contributed by atoms with Crippen LogP contribution in [-0.2, 0) is 0 Å². The summed E-state index contributed by atoms with van der Waals surface area (Å²) in [5, 5.41) is 19.4. The molecule has 0 aliphatic rings. The van der Waals surface area contributed by atoms with Crippen LogP contribution >= 0.6 is 0 Å². The second kappa shape index (κ2) is 6.65. The number of anilines is 1. The molecule has 0 aliphatic heterocycles. The van der Waals surface area contributed by atoms with Gasteiger partial charge in [0.15, 0.2) is 0 Å². The first kappa shape index (κ1) is 16.4. The van der Waals surface area contributed by atoms with Gasteiger partial charge >= 0.3 is 0 Å². The molecule has 1 amide bonds. The van der Waals surface area contributed by atoms with Crippen molar-refractivity contribution in [3.63, 3.8) is 0 Å². The van der Waals surface area contributed by atoms with Gasteiger partial charge in [-0.25, -0.2) is 4.39 Å². The Balaban J connectivity index is 3.28. The average molecular weight is 294 g/mol. The number of carbonyl (C=O) groups is 1. The Bertz CT molecular complexity index is 610. The third-order valence-corrected chi connectivity index (χ3v) is 2.90. The molecule has 1 rings (SSSR count). The van der Waals surface area contributed by atoms with Gasteiger partial charge in [-0.15, -0.1) is 0 Å². The van der Waals surface area contributed by atoms with Gasteiger partial charge in [0.1, 0.15) is 11.5 Å². The third kappa shape index (κ3) is 3.66. The van der Waals surface area contributed by atoms with Crippen molar-refractivity contribution in [2.75, 3.05) is 12.3 Å². The van der Waals surface area contributed by atoms with E-state index in [-0.39, 0.29) is 30.3 Å². The van der Waals surface area contributed by atoms with Crippen LogP contribution < -0.4 is 5.73 Å². The number of hydrogen-bond acceptors (Lipinski definition) is 5. The van der Waals surface area contributed by atoms with E-state index in [1.807, 2.05) is 6.07 Å². The van der Waals surface area contributed by atoms with E-state index in [9.17, 15) is 19.3 Å². The Morgan fingerprint density at radius 1 is 1.57 bits per heavy atom. The van der Waals surface area contributed by atoms with E-state index < -0.39 is 22.3 Å². The van der Waals surface area contributed by atoms with Gasteiger partial charge < -0.3 is 10.6 Å². The Hall–Kier alpha value is -2.69. The largest absolute Gasteiger partial charge is 0.393 e. The summed E-state index contributed by atoms with van der Waals surface area (Å²) in [6, 6.07) is 3.19. The molecular weight excluding hydrogens is 279 g/mol. The lowest BCUT2D eigenvalue weighted by Crippen LogP contribution is -2.38. The van der Waals surface area contributed by atoms with Crippen molar-refractivity contribution in [2.45, 2.75) is 26.3 Å². The minimum Gasteiger partial charge on any atom is -0.393 e. The zero-order valence-electron chi connectivity index (χ0n) is 11.7. The number of nitro groups is 1. The minimum atomic E-state index is -0.914. The molecule has 1 aromatic rings. The maximum absolute atomic E-state index is 13.5. The quantitative estimate of drug-likeness (QED) is 0.507. The molecule has 0 bridgehead atoms.